The van der Waals surface area contributed by atoms with Gasteiger partial charge in [-0.15, -0.1) is 11.3 Å². The van der Waals surface area contributed by atoms with Crippen LogP contribution in [-0.2, 0) is 0 Å². The summed E-state index contributed by atoms with van der Waals surface area (Å²) in [6.45, 7) is 0. The lowest BCUT2D eigenvalue weighted by Crippen LogP contribution is -1.96. The van der Waals surface area contributed by atoms with Crippen LogP contribution in [0.5, 0.6) is 5.75 Å². The fraction of sp³-hybridized carbons (Fsp3) is 0.0556. The van der Waals surface area contributed by atoms with Crippen molar-refractivity contribution in [2.75, 3.05) is 7.11 Å². The number of hydrogen-bond acceptors (Lipinski definition) is 3. The molecule has 0 N–H and O–H groups in total. The lowest BCUT2D eigenvalue weighted by molar-refractivity contribution is 0.415. The number of thiocarbonyl (C=S) groups is 1. The number of methoxy groups -OCH3 is 1. The van der Waals surface area contributed by atoms with Gasteiger partial charge in [-0.3, -0.25) is 0 Å². The van der Waals surface area contributed by atoms with Crippen LogP contribution in [0.15, 0.2) is 66.7 Å². The van der Waals surface area contributed by atoms with E-state index in [-0.39, 0.29) is 0 Å². The van der Waals surface area contributed by atoms with Crippen molar-refractivity contribution in [3.8, 4) is 16.2 Å². The molecule has 0 aliphatic heterocycles. The first-order valence-corrected chi connectivity index (χ1v) is 7.84. The van der Waals surface area contributed by atoms with Crippen LogP contribution in [0.1, 0.15) is 10.4 Å². The Balaban J connectivity index is 1.87. The summed E-state index contributed by atoms with van der Waals surface area (Å²) in [5.41, 5.74) is 2.28. The highest BCUT2D eigenvalue weighted by molar-refractivity contribution is 7.81. The normalized spacial score (nSPS) is 10.3. The summed E-state index contributed by atoms with van der Waals surface area (Å²) in [6, 6.07) is 22.5. The van der Waals surface area contributed by atoms with Gasteiger partial charge in [0.2, 0.25) is 0 Å². The molecule has 1 nitrogen and oxygen atoms in total. The minimum atomic E-state index is 0.845. The zero-order valence-electron chi connectivity index (χ0n) is 11.6. The van der Waals surface area contributed by atoms with E-state index in [0.717, 1.165) is 21.1 Å². The first-order chi connectivity index (χ1) is 10.3. The van der Waals surface area contributed by atoms with Crippen LogP contribution in [0.3, 0.4) is 0 Å². The van der Waals surface area contributed by atoms with E-state index in [0.29, 0.717) is 0 Å². The molecule has 2 aromatic carbocycles. The van der Waals surface area contributed by atoms with Crippen LogP contribution in [0.2, 0.25) is 0 Å². The highest BCUT2D eigenvalue weighted by Gasteiger charge is 2.09. The van der Waals surface area contributed by atoms with Crippen LogP contribution in [0.4, 0.5) is 0 Å². The molecule has 0 spiro atoms. The van der Waals surface area contributed by atoms with E-state index in [4.69, 9.17) is 17.0 Å². The second-order valence-corrected chi connectivity index (χ2v) is 6.08. The van der Waals surface area contributed by atoms with E-state index in [9.17, 15) is 0 Å². The smallest absolute Gasteiger partial charge is 0.118 e. The molecule has 0 fully saturated rings. The Morgan fingerprint density at radius 1 is 0.905 bits per heavy atom. The molecule has 0 bridgehead atoms. The van der Waals surface area contributed by atoms with E-state index in [1.165, 1.54) is 10.4 Å². The number of rotatable bonds is 4. The van der Waals surface area contributed by atoms with E-state index in [2.05, 4.69) is 36.4 Å². The standard InChI is InChI=1S/C18H14OS2/c1-19-15-9-7-14(8-10-15)18(20)17-12-11-16(21-17)13-5-3-2-4-6-13/h2-12H,1H3. The summed E-state index contributed by atoms with van der Waals surface area (Å²) in [5, 5.41) is 0. The van der Waals surface area contributed by atoms with E-state index >= 15 is 0 Å². The van der Waals surface area contributed by atoms with Crippen LogP contribution in [0.25, 0.3) is 10.4 Å². The Hall–Kier alpha value is -1.97. The molecule has 0 atom stereocenters. The van der Waals surface area contributed by atoms with Gasteiger partial charge in [-0.2, -0.15) is 0 Å². The molecule has 3 aromatic rings. The van der Waals surface area contributed by atoms with Crippen LogP contribution in [0, 0.1) is 0 Å². The maximum absolute atomic E-state index is 5.60. The molecule has 3 rings (SSSR count). The molecule has 0 amide bonds. The maximum atomic E-state index is 5.60. The summed E-state index contributed by atoms with van der Waals surface area (Å²) < 4.78 is 5.18. The van der Waals surface area contributed by atoms with Gasteiger partial charge in [-0.05, 0) is 47.5 Å². The van der Waals surface area contributed by atoms with Crippen molar-refractivity contribution in [1.29, 1.82) is 0 Å². The number of benzene rings is 2. The third-order valence-electron chi connectivity index (χ3n) is 3.24. The lowest BCUT2D eigenvalue weighted by atomic mass is 10.1. The molecule has 1 aromatic heterocycles. The summed E-state index contributed by atoms with van der Waals surface area (Å²) in [6.07, 6.45) is 0. The van der Waals surface area contributed by atoms with Gasteiger partial charge >= 0.3 is 0 Å². The first-order valence-electron chi connectivity index (χ1n) is 6.62. The zero-order chi connectivity index (χ0) is 14.7. The molecule has 0 saturated heterocycles. The van der Waals surface area contributed by atoms with Gasteiger partial charge < -0.3 is 4.74 Å². The molecule has 0 saturated carbocycles. The lowest BCUT2D eigenvalue weighted by Gasteiger charge is -2.03. The van der Waals surface area contributed by atoms with Gasteiger partial charge in [0, 0.05) is 9.75 Å². The van der Waals surface area contributed by atoms with Crippen molar-refractivity contribution >= 4 is 28.4 Å². The van der Waals surface area contributed by atoms with Crippen LogP contribution < -0.4 is 4.74 Å². The van der Waals surface area contributed by atoms with Crippen molar-refractivity contribution in [2.24, 2.45) is 0 Å². The van der Waals surface area contributed by atoms with Crippen molar-refractivity contribution in [2.45, 2.75) is 0 Å². The Labute approximate surface area is 133 Å². The Morgan fingerprint density at radius 3 is 2.29 bits per heavy atom. The monoisotopic (exact) mass is 310 g/mol. The number of ether oxygens (including phenoxy) is 1. The molecule has 0 aliphatic rings. The predicted octanol–water partition coefficient (Wildman–Crippen LogP) is 5.19. The molecule has 0 aliphatic carbocycles. The molecule has 0 radical (unpaired) electrons. The molecule has 104 valence electrons. The topological polar surface area (TPSA) is 9.23 Å². The molecular weight excluding hydrogens is 296 g/mol. The Morgan fingerprint density at radius 2 is 1.62 bits per heavy atom. The number of thiophene rings is 1. The minimum Gasteiger partial charge on any atom is -0.497 e. The average Bonchev–Trinajstić information content (AvgIpc) is 3.05. The van der Waals surface area contributed by atoms with E-state index in [1.54, 1.807) is 18.4 Å². The highest BCUT2D eigenvalue weighted by Crippen LogP contribution is 2.29. The fourth-order valence-corrected chi connectivity index (χ4v) is 3.40. The second-order valence-electron chi connectivity index (χ2n) is 4.59. The van der Waals surface area contributed by atoms with Crippen LogP contribution in [-0.4, -0.2) is 12.0 Å². The van der Waals surface area contributed by atoms with E-state index < -0.39 is 0 Å². The van der Waals surface area contributed by atoms with Gasteiger partial charge in [0.1, 0.15) is 5.75 Å². The minimum absolute atomic E-state index is 0.845. The van der Waals surface area contributed by atoms with Crippen molar-refractivity contribution < 1.29 is 4.74 Å². The van der Waals surface area contributed by atoms with E-state index in [1.807, 2.05) is 30.3 Å². The van der Waals surface area contributed by atoms with Gasteiger partial charge in [0.25, 0.3) is 0 Å². The molecule has 21 heavy (non-hydrogen) atoms. The zero-order valence-corrected chi connectivity index (χ0v) is 13.2. The number of hydrogen-bond donors (Lipinski definition) is 0. The average molecular weight is 310 g/mol. The maximum Gasteiger partial charge on any atom is 0.118 e. The first kappa shape index (κ1) is 14.0. The third-order valence-corrected chi connectivity index (χ3v) is 4.98. The quantitative estimate of drug-likeness (QED) is 0.484. The summed E-state index contributed by atoms with van der Waals surface area (Å²) >= 11 is 7.33. The third kappa shape index (κ3) is 3.04. The predicted molar refractivity (Wildman–Crippen MR) is 93.6 cm³/mol. The molecular formula is C18H14OS2. The van der Waals surface area contributed by atoms with Crippen LogP contribution >= 0.6 is 23.6 Å². The SMILES string of the molecule is COc1ccc(C(=S)c2ccc(-c3ccccc3)s2)cc1. The Bertz CT molecular complexity index is 742. The van der Waals surface area contributed by atoms with Gasteiger partial charge in [-0.25, -0.2) is 0 Å². The largest absolute Gasteiger partial charge is 0.497 e. The molecule has 1 heterocycles. The fourth-order valence-electron chi connectivity index (χ4n) is 2.10. The summed E-state index contributed by atoms with van der Waals surface area (Å²) in [5.74, 6) is 0.845. The van der Waals surface area contributed by atoms with Crippen molar-refractivity contribution in [1.82, 2.24) is 0 Å². The van der Waals surface area contributed by atoms with Gasteiger partial charge in [-0.1, -0.05) is 42.5 Å². The summed E-state index contributed by atoms with van der Waals surface area (Å²) in [7, 11) is 1.67. The summed E-state index contributed by atoms with van der Waals surface area (Å²) in [4.78, 5) is 3.24. The van der Waals surface area contributed by atoms with Gasteiger partial charge in [0.05, 0.1) is 12.0 Å². The highest BCUT2D eigenvalue weighted by atomic mass is 32.1. The van der Waals surface area contributed by atoms with Crippen molar-refractivity contribution in [3.63, 3.8) is 0 Å². The van der Waals surface area contributed by atoms with Gasteiger partial charge in [0.15, 0.2) is 0 Å². The molecule has 0 unspecified atom stereocenters. The Kier molecular flexibility index (Phi) is 4.13. The van der Waals surface area contributed by atoms with Crippen molar-refractivity contribution in [3.05, 3.63) is 77.2 Å². The molecule has 3 heteroatoms. The second kappa shape index (κ2) is 6.20.